The fraction of sp³-hybridized carbons (Fsp3) is 0.250. The van der Waals surface area contributed by atoms with Gasteiger partial charge in [0.25, 0.3) is 0 Å². The molecule has 0 unspecified atom stereocenters. The van der Waals surface area contributed by atoms with Crippen molar-refractivity contribution in [3.8, 4) is 5.75 Å². The highest BCUT2D eigenvalue weighted by atomic mass is 35.5. The molecule has 0 radical (unpaired) electrons. The zero-order valence-corrected chi connectivity index (χ0v) is 7.48. The van der Waals surface area contributed by atoms with Crippen LogP contribution in [0.5, 0.6) is 5.75 Å². The van der Waals surface area contributed by atoms with E-state index in [1.807, 2.05) is 33.0 Å². The van der Waals surface area contributed by atoms with Crippen LogP contribution in [-0.4, -0.2) is 14.5 Å². The van der Waals surface area contributed by atoms with Crippen LogP contribution in [0.15, 0.2) is 18.2 Å². The first-order valence-electron chi connectivity index (χ1n) is 3.63. The smallest absolute Gasteiger partial charge is 0.144 e. The Balaban J connectivity index is 2.93. The lowest BCUT2D eigenvalue weighted by atomic mass is 9.95. The van der Waals surface area contributed by atoms with Gasteiger partial charge in [-0.2, -0.15) is 0 Å². The van der Waals surface area contributed by atoms with Gasteiger partial charge >= 0.3 is 0 Å². The largest absolute Gasteiger partial charge is 0.494 e. The molecular weight excluding hydrogens is 158 g/mol. The van der Waals surface area contributed by atoms with Gasteiger partial charge in [0, 0.05) is 5.02 Å². The van der Waals surface area contributed by atoms with Gasteiger partial charge < -0.3 is 4.74 Å². The van der Waals surface area contributed by atoms with Crippen LogP contribution in [0, 0.1) is 0 Å². The Kier molecular flexibility index (Phi) is 2.83. The predicted molar refractivity (Wildman–Crippen MR) is 50.8 cm³/mol. The van der Waals surface area contributed by atoms with Gasteiger partial charge in [-0.3, -0.25) is 0 Å². The summed E-state index contributed by atoms with van der Waals surface area (Å²) in [4.78, 5) is 0. The summed E-state index contributed by atoms with van der Waals surface area (Å²) in [5, 5.41) is 0.721. The number of ether oxygens (including phenoxy) is 1. The third-order valence-electron chi connectivity index (χ3n) is 1.45. The van der Waals surface area contributed by atoms with Crippen LogP contribution in [0.3, 0.4) is 0 Å². The van der Waals surface area contributed by atoms with Crippen LogP contribution in [0.4, 0.5) is 0 Å². The standard InChI is InChI=1S/C8H10BClO/c1-2-11-8-5-6(10)3-4-7(8)9/h3-5H,2,9H2,1H3. The van der Waals surface area contributed by atoms with Crippen molar-refractivity contribution in [1.82, 2.24) is 0 Å². The average molecular weight is 168 g/mol. The molecule has 0 N–H and O–H groups in total. The molecule has 0 atom stereocenters. The van der Waals surface area contributed by atoms with Crippen LogP contribution in [-0.2, 0) is 0 Å². The number of benzene rings is 1. The quantitative estimate of drug-likeness (QED) is 0.599. The zero-order valence-electron chi connectivity index (χ0n) is 6.73. The van der Waals surface area contributed by atoms with Crippen LogP contribution in [0.2, 0.25) is 5.02 Å². The SMILES string of the molecule is Bc1ccc(Cl)cc1OCC. The van der Waals surface area contributed by atoms with Crippen molar-refractivity contribution < 1.29 is 4.74 Å². The maximum absolute atomic E-state index is 5.77. The van der Waals surface area contributed by atoms with E-state index >= 15 is 0 Å². The monoisotopic (exact) mass is 168 g/mol. The Morgan fingerprint density at radius 2 is 2.27 bits per heavy atom. The summed E-state index contributed by atoms with van der Waals surface area (Å²) in [7, 11) is 2.00. The predicted octanol–water partition coefficient (Wildman–Crippen LogP) is 0.997. The molecule has 0 amide bonds. The van der Waals surface area contributed by atoms with Gasteiger partial charge in [-0.05, 0) is 24.5 Å². The fourth-order valence-corrected chi connectivity index (χ4v) is 1.05. The molecule has 0 aliphatic carbocycles. The van der Waals surface area contributed by atoms with Crippen molar-refractivity contribution in [2.75, 3.05) is 6.61 Å². The van der Waals surface area contributed by atoms with E-state index in [0.717, 1.165) is 16.2 Å². The van der Waals surface area contributed by atoms with Gasteiger partial charge in [-0.15, -0.1) is 0 Å². The van der Waals surface area contributed by atoms with Crippen LogP contribution in [0.25, 0.3) is 0 Å². The lowest BCUT2D eigenvalue weighted by Crippen LogP contribution is -2.08. The van der Waals surface area contributed by atoms with Gasteiger partial charge in [0.1, 0.15) is 13.6 Å². The van der Waals surface area contributed by atoms with E-state index in [-0.39, 0.29) is 0 Å². The highest BCUT2D eigenvalue weighted by Crippen LogP contribution is 2.14. The van der Waals surface area contributed by atoms with E-state index in [4.69, 9.17) is 16.3 Å². The second-order valence-corrected chi connectivity index (χ2v) is 2.78. The molecule has 1 aromatic rings. The molecule has 0 fully saturated rings. The first-order chi connectivity index (χ1) is 5.24. The summed E-state index contributed by atoms with van der Waals surface area (Å²) in [6.45, 7) is 2.64. The molecule has 0 bridgehead atoms. The molecule has 3 heteroatoms. The van der Waals surface area contributed by atoms with Gasteiger partial charge in [0.2, 0.25) is 0 Å². The molecule has 0 aliphatic rings. The van der Waals surface area contributed by atoms with Crippen LogP contribution < -0.4 is 10.2 Å². The van der Waals surface area contributed by atoms with Crippen molar-refractivity contribution in [2.24, 2.45) is 0 Å². The molecule has 0 heterocycles. The van der Waals surface area contributed by atoms with E-state index < -0.39 is 0 Å². The highest BCUT2D eigenvalue weighted by molar-refractivity contribution is 6.36. The molecule has 11 heavy (non-hydrogen) atoms. The lowest BCUT2D eigenvalue weighted by Gasteiger charge is -2.06. The minimum atomic E-state index is 0.682. The summed E-state index contributed by atoms with van der Waals surface area (Å²) in [5.74, 6) is 0.875. The fourth-order valence-electron chi connectivity index (χ4n) is 0.885. The average Bonchev–Trinajstić information content (AvgIpc) is 1.98. The van der Waals surface area contributed by atoms with Gasteiger partial charge in [-0.25, -0.2) is 0 Å². The third kappa shape index (κ3) is 2.16. The van der Waals surface area contributed by atoms with Crippen molar-refractivity contribution >= 4 is 24.9 Å². The van der Waals surface area contributed by atoms with Crippen LogP contribution in [0.1, 0.15) is 6.92 Å². The Hall–Kier alpha value is -0.625. The molecule has 0 saturated carbocycles. The summed E-state index contributed by atoms with van der Waals surface area (Å²) >= 11 is 5.77. The summed E-state index contributed by atoms with van der Waals surface area (Å²) in [6, 6.07) is 5.65. The van der Waals surface area contributed by atoms with E-state index in [1.165, 1.54) is 0 Å². The minimum absolute atomic E-state index is 0.682. The number of halogens is 1. The first-order valence-corrected chi connectivity index (χ1v) is 4.00. The molecule has 0 aliphatic heterocycles. The molecule has 0 spiro atoms. The topological polar surface area (TPSA) is 9.23 Å². The van der Waals surface area contributed by atoms with Crippen molar-refractivity contribution in [1.29, 1.82) is 0 Å². The first kappa shape index (κ1) is 8.47. The van der Waals surface area contributed by atoms with Gasteiger partial charge in [-0.1, -0.05) is 17.7 Å². The molecular formula is C8H10BClO. The Bertz CT molecular complexity index is 250. The number of rotatable bonds is 2. The van der Waals surface area contributed by atoms with E-state index in [2.05, 4.69) is 0 Å². The van der Waals surface area contributed by atoms with Crippen molar-refractivity contribution in [3.05, 3.63) is 23.2 Å². The maximum atomic E-state index is 5.77. The number of hydrogen-bond donors (Lipinski definition) is 0. The van der Waals surface area contributed by atoms with Crippen molar-refractivity contribution in [2.45, 2.75) is 6.92 Å². The molecule has 0 aromatic heterocycles. The Labute approximate surface area is 72.7 Å². The molecule has 58 valence electrons. The van der Waals surface area contributed by atoms with E-state index in [0.29, 0.717) is 6.61 Å². The third-order valence-corrected chi connectivity index (χ3v) is 1.69. The normalized spacial score (nSPS) is 9.64. The van der Waals surface area contributed by atoms with Crippen LogP contribution >= 0.6 is 11.6 Å². The van der Waals surface area contributed by atoms with Gasteiger partial charge in [0.15, 0.2) is 0 Å². The highest BCUT2D eigenvalue weighted by Gasteiger charge is 1.97. The molecule has 1 nitrogen and oxygen atoms in total. The minimum Gasteiger partial charge on any atom is -0.494 e. The zero-order chi connectivity index (χ0) is 8.27. The second-order valence-electron chi connectivity index (χ2n) is 2.34. The van der Waals surface area contributed by atoms with E-state index in [1.54, 1.807) is 0 Å². The maximum Gasteiger partial charge on any atom is 0.144 e. The molecule has 0 saturated heterocycles. The van der Waals surface area contributed by atoms with Crippen molar-refractivity contribution in [3.63, 3.8) is 0 Å². The number of hydrogen-bond acceptors (Lipinski definition) is 1. The summed E-state index contributed by atoms with van der Waals surface area (Å²) in [6.07, 6.45) is 0. The summed E-state index contributed by atoms with van der Waals surface area (Å²) in [5.41, 5.74) is 1.12. The van der Waals surface area contributed by atoms with E-state index in [9.17, 15) is 0 Å². The summed E-state index contributed by atoms with van der Waals surface area (Å²) < 4.78 is 5.33. The molecule has 1 aromatic carbocycles. The second kappa shape index (κ2) is 3.68. The van der Waals surface area contributed by atoms with Gasteiger partial charge in [0.05, 0.1) is 6.61 Å². The molecule has 1 rings (SSSR count). The Morgan fingerprint density at radius 1 is 1.55 bits per heavy atom. The Morgan fingerprint density at radius 3 is 2.91 bits per heavy atom. The lowest BCUT2D eigenvalue weighted by molar-refractivity contribution is 0.343.